The summed E-state index contributed by atoms with van der Waals surface area (Å²) in [6.45, 7) is 6.51. The number of fused-ring (bicyclic) bond motifs is 1. The number of thioether (sulfide) groups is 1. The second kappa shape index (κ2) is 6.52. The van der Waals surface area contributed by atoms with Crippen LogP contribution in [0.4, 0.5) is 0 Å². The monoisotopic (exact) mass is 343 g/mol. The fraction of sp³-hybridized carbons (Fsp3) is 0.667. The Morgan fingerprint density at radius 3 is 2.52 bits per heavy atom. The van der Waals surface area contributed by atoms with Gasteiger partial charge in [-0.1, -0.05) is 0 Å². The highest BCUT2D eigenvalue weighted by Crippen LogP contribution is 2.42. The standard InChI is InChI=1S/C15H21NO6S/c1-8(17)21-6-9-7-23-13-11(20-5)12(18)16(13)10(9)14(19)22-15(2,3)4/h11,13H,6-7H2,1-5H3/t11?,13-/m0/s1. The normalized spacial score (nSPS) is 24.0. The maximum absolute atomic E-state index is 12.5. The van der Waals surface area contributed by atoms with Crippen LogP contribution in [0.1, 0.15) is 27.7 Å². The van der Waals surface area contributed by atoms with Crippen molar-refractivity contribution in [1.82, 2.24) is 4.90 Å². The zero-order chi connectivity index (χ0) is 17.4. The van der Waals surface area contributed by atoms with Crippen LogP contribution in [0.5, 0.6) is 0 Å². The van der Waals surface area contributed by atoms with E-state index in [0.29, 0.717) is 11.3 Å². The Bertz CT molecular complexity index is 565. The smallest absolute Gasteiger partial charge is 0.355 e. The average molecular weight is 343 g/mol. The van der Waals surface area contributed by atoms with Crippen molar-refractivity contribution in [2.45, 2.75) is 44.8 Å². The molecule has 0 aromatic rings. The second-order valence-corrected chi connectivity index (χ2v) is 7.41. The predicted octanol–water partition coefficient (Wildman–Crippen LogP) is 1.08. The van der Waals surface area contributed by atoms with Crippen molar-refractivity contribution >= 4 is 29.6 Å². The van der Waals surface area contributed by atoms with Crippen LogP contribution < -0.4 is 0 Å². The van der Waals surface area contributed by atoms with Gasteiger partial charge in [0.2, 0.25) is 0 Å². The first-order valence-electron chi connectivity index (χ1n) is 7.22. The number of hydrogen-bond donors (Lipinski definition) is 0. The van der Waals surface area contributed by atoms with Gasteiger partial charge in [0.25, 0.3) is 5.91 Å². The van der Waals surface area contributed by atoms with E-state index in [0.717, 1.165) is 0 Å². The minimum Gasteiger partial charge on any atom is -0.461 e. The highest BCUT2D eigenvalue weighted by molar-refractivity contribution is 8.00. The fourth-order valence-electron chi connectivity index (χ4n) is 2.35. The van der Waals surface area contributed by atoms with E-state index >= 15 is 0 Å². The number of amides is 1. The van der Waals surface area contributed by atoms with E-state index < -0.39 is 23.6 Å². The molecule has 0 bridgehead atoms. The van der Waals surface area contributed by atoms with Crippen LogP contribution in [0.2, 0.25) is 0 Å². The molecule has 23 heavy (non-hydrogen) atoms. The molecule has 2 atom stereocenters. The van der Waals surface area contributed by atoms with E-state index in [-0.39, 0.29) is 23.6 Å². The Kier molecular flexibility index (Phi) is 5.05. The molecule has 1 saturated heterocycles. The molecule has 128 valence electrons. The van der Waals surface area contributed by atoms with Gasteiger partial charge in [-0.25, -0.2) is 4.79 Å². The highest BCUT2D eigenvalue weighted by Gasteiger charge is 2.54. The van der Waals surface area contributed by atoms with E-state index in [4.69, 9.17) is 14.2 Å². The number of carbonyl (C=O) groups is 3. The van der Waals surface area contributed by atoms with Crippen molar-refractivity contribution in [3.05, 3.63) is 11.3 Å². The molecule has 7 nitrogen and oxygen atoms in total. The summed E-state index contributed by atoms with van der Waals surface area (Å²) in [5, 5.41) is -0.254. The topological polar surface area (TPSA) is 82.1 Å². The zero-order valence-electron chi connectivity index (χ0n) is 13.9. The third-order valence-electron chi connectivity index (χ3n) is 3.29. The zero-order valence-corrected chi connectivity index (χ0v) is 14.7. The van der Waals surface area contributed by atoms with E-state index in [1.54, 1.807) is 20.8 Å². The minimum atomic E-state index is -0.689. The highest BCUT2D eigenvalue weighted by atomic mass is 32.2. The van der Waals surface area contributed by atoms with Crippen molar-refractivity contribution in [3.8, 4) is 0 Å². The Labute approximate surface area is 139 Å². The van der Waals surface area contributed by atoms with E-state index in [9.17, 15) is 14.4 Å². The first kappa shape index (κ1) is 17.8. The molecule has 1 fully saturated rings. The molecule has 2 aliphatic rings. The Morgan fingerprint density at radius 2 is 2.00 bits per heavy atom. The molecule has 2 aliphatic heterocycles. The van der Waals surface area contributed by atoms with Crippen LogP contribution in [0.25, 0.3) is 0 Å². The van der Waals surface area contributed by atoms with Crippen molar-refractivity contribution < 1.29 is 28.6 Å². The largest absolute Gasteiger partial charge is 0.461 e. The molecule has 0 spiro atoms. The number of hydrogen-bond acceptors (Lipinski definition) is 7. The van der Waals surface area contributed by atoms with Crippen molar-refractivity contribution in [2.75, 3.05) is 19.5 Å². The lowest BCUT2D eigenvalue weighted by Gasteiger charge is -2.49. The van der Waals surface area contributed by atoms with Gasteiger partial charge in [-0.15, -0.1) is 11.8 Å². The maximum Gasteiger partial charge on any atom is 0.355 e. The third-order valence-corrected chi connectivity index (χ3v) is 4.61. The Morgan fingerprint density at radius 1 is 1.35 bits per heavy atom. The van der Waals surface area contributed by atoms with Crippen LogP contribution in [0, 0.1) is 0 Å². The number of esters is 2. The molecule has 8 heteroatoms. The van der Waals surface area contributed by atoms with Crippen LogP contribution in [-0.2, 0) is 28.6 Å². The number of β-lactam (4-membered cyclic amide) rings is 1. The minimum absolute atomic E-state index is 0.0366. The van der Waals surface area contributed by atoms with Gasteiger partial charge in [0.05, 0.1) is 0 Å². The average Bonchev–Trinajstić information content (AvgIpc) is 2.42. The maximum atomic E-state index is 12.5. The van der Waals surface area contributed by atoms with Crippen LogP contribution in [-0.4, -0.2) is 59.3 Å². The predicted molar refractivity (Wildman–Crippen MR) is 83.4 cm³/mol. The van der Waals surface area contributed by atoms with Crippen LogP contribution in [0.3, 0.4) is 0 Å². The molecule has 0 radical (unpaired) electrons. The summed E-state index contributed by atoms with van der Waals surface area (Å²) in [5.74, 6) is -0.854. The first-order valence-corrected chi connectivity index (χ1v) is 8.27. The summed E-state index contributed by atoms with van der Waals surface area (Å²) in [5.41, 5.74) is 0.0486. The molecule has 0 saturated carbocycles. The van der Waals surface area contributed by atoms with Gasteiger partial charge in [-0.2, -0.15) is 0 Å². The summed E-state index contributed by atoms with van der Waals surface area (Å²) < 4.78 is 15.6. The van der Waals surface area contributed by atoms with Crippen LogP contribution >= 0.6 is 11.8 Å². The number of nitrogens with zero attached hydrogens (tertiary/aromatic N) is 1. The lowest BCUT2D eigenvalue weighted by Crippen LogP contribution is -2.65. The van der Waals surface area contributed by atoms with Gasteiger partial charge in [-0.05, 0) is 20.8 Å². The molecular formula is C15H21NO6S. The lowest BCUT2D eigenvalue weighted by atomic mass is 10.1. The lowest BCUT2D eigenvalue weighted by molar-refractivity contribution is -0.167. The van der Waals surface area contributed by atoms with Gasteiger partial charge < -0.3 is 14.2 Å². The van der Waals surface area contributed by atoms with Gasteiger partial charge >= 0.3 is 11.9 Å². The SMILES string of the molecule is COC1C(=O)N2C(C(=O)OC(C)(C)C)=C(COC(C)=O)CS[C@@H]12. The van der Waals surface area contributed by atoms with Gasteiger partial charge in [-0.3, -0.25) is 14.5 Å². The molecule has 0 N–H and O–H groups in total. The Balaban J connectivity index is 2.31. The van der Waals surface area contributed by atoms with E-state index in [2.05, 4.69) is 0 Å². The summed E-state index contributed by atoms with van der Waals surface area (Å²) in [7, 11) is 1.46. The number of rotatable bonds is 4. The number of methoxy groups -OCH3 is 1. The van der Waals surface area contributed by atoms with E-state index in [1.807, 2.05) is 0 Å². The fourth-order valence-corrected chi connectivity index (χ4v) is 3.70. The molecule has 2 rings (SSSR count). The Hall–Kier alpha value is -1.54. The molecular weight excluding hydrogens is 322 g/mol. The summed E-state index contributed by atoms with van der Waals surface area (Å²) in [4.78, 5) is 37.2. The molecule has 1 unspecified atom stereocenters. The number of ether oxygens (including phenoxy) is 3. The molecule has 0 aromatic carbocycles. The third kappa shape index (κ3) is 3.69. The van der Waals surface area contributed by atoms with Crippen molar-refractivity contribution in [3.63, 3.8) is 0 Å². The summed E-state index contributed by atoms with van der Waals surface area (Å²) >= 11 is 1.47. The van der Waals surface area contributed by atoms with Gasteiger partial charge in [0.1, 0.15) is 23.3 Å². The molecule has 1 amide bonds. The molecule has 0 aliphatic carbocycles. The second-order valence-electron chi connectivity index (χ2n) is 6.30. The summed E-state index contributed by atoms with van der Waals surface area (Å²) in [6, 6.07) is 0. The van der Waals surface area contributed by atoms with Gasteiger partial charge in [0, 0.05) is 25.4 Å². The quantitative estimate of drug-likeness (QED) is 0.558. The van der Waals surface area contributed by atoms with Crippen molar-refractivity contribution in [2.24, 2.45) is 0 Å². The molecule has 0 aromatic heterocycles. The number of carbonyl (C=O) groups excluding carboxylic acids is 3. The van der Waals surface area contributed by atoms with Crippen LogP contribution in [0.15, 0.2) is 11.3 Å². The van der Waals surface area contributed by atoms with Gasteiger partial charge in [0.15, 0.2) is 6.10 Å². The summed E-state index contributed by atoms with van der Waals surface area (Å²) in [6.07, 6.45) is -0.562. The molecule has 2 heterocycles. The van der Waals surface area contributed by atoms with Crippen molar-refractivity contribution in [1.29, 1.82) is 0 Å². The first-order chi connectivity index (χ1) is 10.7. The van der Waals surface area contributed by atoms with E-state index in [1.165, 1.54) is 30.7 Å².